The lowest BCUT2D eigenvalue weighted by molar-refractivity contribution is 0.118. The van der Waals surface area contributed by atoms with Gasteiger partial charge in [-0.2, -0.15) is 0 Å². The summed E-state index contributed by atoms with van der Waals surface area (Å²) >= 11 is 0. The van der Waals surface area contributed by atoms with Gasteiger partial charge in [-0.3, -0.25) is 0 Å². The SMILES string of the molecule is CCCCCC1CCC(C(C)C2CCC(C(C)c3ccc(CC)cc3)CC2)CC1. The summed E-state index contributed by atoms with van der Waals surface area (Å²) in [6.45, 7) is 9.67. The summed E-state index contributed by atoms with van der Waals surface area (Å²) in [5, 5.41) is 0. The van der Waals surface area contributed by atoms with Gasteiger partial charge < -0.3 is 0 Å². The Kier molecular flexibility index (Phi) is 9.13. The van der Waals surface area contributed by atoms with E-state index in [1.54, 1.807) is 5.56 Å². The van der Waals surface area contributed by atoms with E-state index in [4.69, 9.17) is 0 Å². The van der Waals surface area contributed by atoms with Gasteiger partial charge in [-0.15, -0.1) is 0 Å². The van der Waals surface area contributed by atoms with Gasteiger partial charge in [-0.1, -0.05) is 90.5 Å². The minimum absolute atomic E-state index is 0.732. The monoisotopic (exact) mass is 396 g/mol. The molecule has 2 unspecified atom stereocenters. The Balaban J connectivity index is 1.41. The molecule has 2 aliphatic rings. The maximum atomic E-state index is 2.61. The molecule has 29 heavy (non-hydrogen) atoms. The molecule has 0 N–H and O–H groups in total. The van der Waals surface area contributed by atoms with E-state index < -0.39 is 0 Å². The Morgan fingerprint density at radius 3 is 1.83 bits per heavy atom. The van der Waals surface area contributed by atoms with Crippen molar-refractivity contribution in [2.24, 2.45) is 29.6 Å². The second-order valence-electron chi connectivity index (χ2n) is 10.7. The van der Waals surface area contributed by atoms with E-state index in [2.05, 4.69) is 52.0 Å². The summed E-state index contributed by atoms with van der Waals surface area (Å²) in [4.78, 5) is 0. The minimum Gasteiger partial charge on any atom is -0.0654 e. The molecule has 1 aromatic rings. The van der Waals surface area contributed by atoms with E-state index >= 15 is 0 Å². The first-order valence-electron chi connectivity index (χ1n) is 13.2. The molecule has 2 atom stereocenters. The van der Waals surface area contributed by atoms with Crippen molar-refractivity contribution in [3.05, 3.63) is 35.4 Å². The van der Waals surface area contributed by atoms with Gasteiger partial charge in [-0.05, 0) is 91.6 Å². The molecule has 0 nitrogen and oxygen atoms in total. The molecule has 1 aromatic carbocycles. The first kappa shape index (κ1) is 22.9. The molecule has 0 bridgehead atoms. The number of benzene rings is 1. The van der Waals surface area contributed by atoms with Gasteiger partial charge in [0.1, 0.15) is 0 Å². The van der Waals surface area contributed by atoms with Crippen molar-refractivity contribution in [3.63, 3.8) is 0 Å². The first-order valence-corrected chi connectivity index (χ1v) is 13.2. The average molecular weight is 397 g/mol. The van der Waals surface area contributed by atoms with Gasteiger partial charge in [0.15, 0.2) is 0 Å². The lowest BCUT2D eigenvalue weighted by Gasteiger charge is -2.40. The summed E-state index contributed by atoms with van der Waals surface area (Å²) in [5.41, 5.74) is 3.04. The average Bonchev–Trinajstić information content (AvgIpc) is 2.79. The van der Waals surface area contributed by atoms with Crippen molar-refractivity contribution in [2.75, 3.05) is 0 Å². The fourth-order valence-corrected chi connectivity index (χ4v) is 6.57. The molecule has 0 aromatic heterocycles. The van der Waals surface area contributed by atoms with Gasteiger partial charge in [0.05, 0.1) is 0 Å². The lowest BCUT2D eigenvalue weighted by atomic mass is 9.65. The molecule has 0 radical (unpaired) electrons. The first-order chi connectivity index (χ1) is 14.1. The summed E-state index contributed by atoms with van der Waals surface area (Å²) < 4.78 is 0. The van der Waals surface area contributed by atoms with Crippen molar-refractivity contribution >= 4 is 0 Å². The van der Waals surface area contributed by atoms with Crippen molar-refractivity contribution in [1.29, 1.82) is 0 Å². The highest BCUT2D eigenvalue weighted by molar-refractivity contribution is 5.25. The topological polar surface area (TPSA) is 0 Å². The van der Waals surface area contributed by atoms with E-state index in [0.29, 0.717) is 0 Å². The van der Waals surface area contributed by atoms with Gasteiger partial charge >= 0.3 is 0 Å². The molecule has 0 amide bonds. The predicted molar refractivity (Wildman–Crippen MR) is 128 cm³/mol. The maximum Gasteiger partial charge on any atom is -0.0162 e. The van der Waals surface area contributed by atoms with E-state index in [9.17, 15) is 0 Å². The molecular formula is C29H48. The third-order valence-corrected chi connectivity index (χ3v) is 9.03. The van der Waals surface area contributed by atoms with Crippen molar-refractivity contribution in [2.45, 2.75) is 117 Å². The normalized spacial score (nSPS) is 30.1. The summed E-state index contributed by atoms with van der Waals surface area (Å²) in [7, 11) is 0. The van der Waals surface area contributed by atoms with Crippen LogP contribution in [0.5, 0.6) is 0 Å². The standard InChI is InChI=1S/C29H48/c1-5-7-8-9-25-12-16-27(17-13-25)23(4)29-20-18-28(19-21-29)22(3)26-14-10-24(6-2)11-15-26/h10-11,14-15,22-23,25,27-29H,5-9,12-13,16-21H2,1-4H3. The molecular weight excluding hydrogens is 348 g/mol. The zero-order chi connectivity index (χ0) is 20.6. The molecule has 0 spiro atoms. The minimum atomic E-state index is 0.732. The summed E-state index contributed by atoms with van der Waals surface area (Å²) in [6.07, 6.45) is 18.9. The molecule has 0 saturated heterocycles. The van der Waals surface area contributed by atoms with E-state index in [-0.39, 0.29) is 0 Å². The fraction of sp³-hybridized carbons (Fsp3) is 0.793. The third kappa shape index (κ3) is 6.35. The Morgan fingerprint density at radius 2 is 1.28 bits per heavy atom. The summed E-state index contributed by atoms with van der Waals surface area (Å²) in [6, 6.07) is 9.49. The van der Waals surface area contributed by atoms with Crippen LogP contribution in [-0.4, -0.2) is 0 Å². The number of aryl methyl sites for hydroxylation is 1. The highest BCUT2D eigenvalue weighted by Crippen LogP contribution is 2.45. The van der Waals surface area contributed by atoms with Crippen LogP contribution in [0, 0.1) is 29.6 Å². The molecule has 0 aliphatic heterocycles. The predicted octanol–water partition coefficient (Wildman–Crippen LogP) is 9.18. The Hall–Kier alpha value is -0.780. The molecule has 2 saturated carbocycles. The zero-order valence-electron chi connectivity index (χ0n) is 20.0. The number of rotatable bonds is 9. The Morgan fingerprint density at radius 1 is 0.724 bits per heavy atom. The van der Waals surface area contributed by atoms with Crippen LogP contribution in [0.25, 0.3) is 0 Å². The zero-order valence-corrected chi connectivity index (χ0v) is 20.0. The Labute approximate surface area is 182 Å². The van der Waals surface area contributed by atoms with Crippen LogP contribution in [0.2, 0.25) is 0 Å². The number of hydrogen-bond acceptors (Lipinski definition) is 0. The smallest absolute Gasteiger partial charge is 0.0162 e. The van der Waals surface area contributed by atoms with Crippen LogP contribution < -0.4 is 0 Å². The highest BCUT2D eigenvalue weighted by Gasteiger charge is 2.33. The van der Waals surface area contributed by atoms with Crippen LogP contribution in [0.15, 0.2) is 24.3 Å². The lowest BCUT2D eigenvalue weighted by Crippen LogP contribution is -2.29. The maximum absolute atomic E-state index is 2.61. The van der Waals surface area contributed by atoms with Crippen molar-refractivity contribution < 1.29 is 0 Å². The molecule has 2 aliphatic carbocycles. The van der Waals surface area contributed by atoms with Gasteiger partial charge in [0.2, 0.25) is 0 Å². The van der Waals surface area contributed by atoms with Crippen LogP contribution in [0.1, 0.15) is 122 Å². The van der Waals surface area contributed by atoms with Crippen LogP contribution >= 0.6 is 0 Å². The van der Waals surface area contributed by atoms with E-state index in [1.807, 2.05) is 0 Å². The van der Waals surface area contributed by atoms with Crippen molar-refractivity contribution in [3.8, 4) is 0 Å². The quantitative estimate of drug-likeness (QED) is 0.365. The van der Waals surface area contributed by atoms with Gasteiger partial charge in [0.25, 0.3) is 0 Å². The number of hydrogen-bond donors (Lipinski definition) is 0. The van der Waals surface area contributed by atoms with Crippen LogP contribution in [0.4, 0.5) is 0 Å². The second-order valence-corrected chi connectivity index (χ2v) is 10.7. The molecule has 164 valence electrons. The third-order valence-electron chi connectivity index (χ3n) is 9.03. The summed E-state index contributed by atoms with van der Waals surface area (Å²) in [5.74, 6) is 5.68. The van der Waals surface area contributed by atoms with Gasteiger partial charge in [-0.25, -0.2) is 0 Å². The van der Waals surface area contributed by atoms with Crippen molar-refractivity contribution in [1.82, 2.24) is 0 Å². The molecule has 0 heteroatoms. The highest BCUT2D eigenvalue weighted by atomic mass is 14.4. The van der Waals surface area contributed by atoms with Crippen LogP contribution in [0.3, 0.4) is 0 Å². The molecule has 3 rings (SSSR count). The molecule has 2 fully saturated rings. The number of unbranched alkanes of at least 4 members (excludes halogenated alkanes) is 2. The fourth-order valence-electron chi connectivity index (χ4n) is 6.57. The van der Waals surface area contributed by atoms with E-state index in [0.717, 1.165) is 41.9 Å². The van der Waals surface area contributed by atoms with Crippen LogP contribution in [-0.2, 0) is 6.42 Å². The second kappa shape index (κ2) is 11.6. The molecule has 0 heterocycles. The Bertz CT molecular complexity index is 554. The largest absolute Gasteiger partial charge is 0.0654 e. The van der Waals surface area contributed by atoms with Gasteiger partial charge in [0, 0.05) is 0 Å². The van der Waals surface area contributed by atoms with E-state index in [1.165, 1.54) is 82.6 Å².